The van der Waals surface area contributed by atoms with Gasteiger partial charge in [-0.15, -0.1) is 0 Å². The third kappa shape index (κ3) is 3.51. The molecule has 3 nitrogen and oxygen atoms in total. The van der Waals surface area contributed by atoms with Gasteiger partial charge in [0.2, 0.25) is 0 Å². The molecule has 0 N–H and O–H groups in total. The van der Waals surface area contributed by atoms with Crippen LogP contribution in [0.4, 0.5) is 0 Å². The Bertz CT molecular complexity index is 952. The highest BCUT2D eigenvalue weighted by Crippen LogP contribution is 2.71. The van der Waals surface area contributed by atoms with E-state index in [2.05, 4.69) is 74.6 Å². The maximum atomic E-state index is 9.36. The molecule has 10 atom stereocenters. The Morgan fingerprint density at radius 3 is 2.35 bits per heavy atom. The SMILES string of the molecule is [2H]C1=C[C@@]2(C)[C@H]3[C@@H](O[Si](C)(C)C(C)(C)C)C[C@@H]4[C@H](C)C[C@H](C)C[C@H]4[C@]3(C)C=C(OC)[C@@]2(C)C([2H])(C)O1. The van der Waals surface area contributed by atoms with Crippen molar-refractivity contribution in [1.82, 2.24) is 0 Å². The van der Waals surface area contributed by atoms with Gasteiger partial charge in [0.1, 0.15) is 13.2 Å². The molecule has 194 valence electrons. The molecular weight excluding hydrogens is 436 g/mol. The van der Waals surface area contributed by atoms with Gasteiger partial charge < -0.3 is 13.9 Å². The van der Waals surface area contributed by atoms with Crippen LogP contribution < -0.4 is 0 Å². The van der Waals surface area contributed by atoms with Crippen molar-refractivity contribution in [3.05, 3.63) is 24.1 Å². The summed E-state index contributed by atoms with van der Waals surface area (Å²) in [6, 6.07) is 0. The van der Waals surface area contributed by atoms with Crippen molar-refractivity contribution in [3.8, 4) is 0 Å². The van der Waals surface area contributed by atoms with Crippen molar-refractivity contribution in [2.24, 2.45) is 45.8 Å². The topological polar surface area (TPSA) is 27.7 Å². The summed E-state index contributed by atoms with van der Waals surface area (Å²) in [7, 11) is -0.340. The summed E-state index contributed by atoms with van der Waals surface area (Å²) in [5, 5.41) is 0.107. The van der Waals surface area contributed by atoms with Crippen LogP contribution in [0, 0.1) is 45.8 Å². The van der Waals surface area contributed by atoms with E-state index in [9.17, 15) is 1.37 Å². The highest BCUT2D eigenvalue weighted by atomic mass is 28.4. The van der Waals surface area contributed by atoms with Gasteiger partial charge in [0.25, 0.3) is 0 Å². The summed E-state index contributed by atoms with van der Waals surface area (Å²) < 4.78 is 37.5. The predicted octanol–water partition coefficient (Wildman–Crippen LogP) is 8.19. The summed E-state index contributed by atoms with van der Waals surface area (Å²) in [6.07, 6.45) is 6.78. The second-order valence-electron chi connectivity index (χ2n) is 14.4. The van der Waals surface area contributed by atoms with Crippen LogP contribution in [0.5, 0.6) is 0 Å². The number of rotatable bonds is 3. The molecule has 3 aliphatic carbocycles. The van der Waals surface area contributed by atoms with Crippen LogP contribution in [-0.4, -0.2) is 27.6 Å². The molecule has 0 aromatic heterocycles. The molecule has 34 heavy (non-hydrogen) atoms. The predicted molar refractivity (Wildman–Crippen MR) is 144 cm³/mol. The highest BCUT2D eigenvalue weighted by Gasteiger charge is 2.69. The molecular formula is C30H52O3Si. The van der Waals surface area contributed by atoms with Crippen LogP contribution >= 0.6 is 0 Å². The van der Waals surface area contributed by atoms with Crippen molar-refractivity contribution < 1.29 is 16.6 Å². The van der Waals surface area contributed by atoms with Gasteiger partial charge in [-0.25, -0.2) is 0 Å². The van der Waals surface area contributed by atoms with E-state index < -0.39 is 25.2 Å². The Hall–Kier alpha value is -0.743. The van der Waals surface area contributed by atoms with E-state index in [1.54, 1.807) is 7.11 Å². The van der Waals surface area contributed by atoms with Crippen LogP contribution in [0.2, 0.25) is 18.1 Å². The molecule has 1 unspecified atom stereocenters. The van der Waals surface area contributed by atoms with Crippen molar-refractivity contribution in [3.63, 3.8) is 0 Å². The molecule has 0 aromatic carbocycles. The smallest absolute Gasteiger partial charge is 0.192 e. The van der Waals surface area contributed by atoms with Crippen LogP contribution in [0.25, 0.3) is 0 Å². The minimum atomic E-state index is -2.08. The maximum absolute atomic E-state index is 9.36. The molecule has 1 aliphatic heterocycles. The Kier molecular flexibility index (Phi) is 5.65. The van der Waals surface area contributed by atoms with Gasteiger partial charge in [0.05, 0.1) is 20.1 Å². The summed E-state index contributed by atoms with van der Waals surface area (Å²) >= 11 is 0. The lowest BCUT2D eigenvalue weighted by molar-refractivity contribution is -0.193. The monoisotopic (exact) mass is 490 g/mol. The molecule has 0 radical (unpaired) electrons. The molecule has 0 amide bonds. The van der Waals surface area contributed by atoms with Gasteiger partial charge in [-0.3, -0.25) is 0 Å². The Labute approximate surface area is 214 Å². The first-order chi connectivity index (χ1) is 16.2. The third-order valence-corrected chi connectivity index (χ3v) is 15.9. The van der Waals surface area contributed by atoms with Gasteiger partial charge >= 0.3 is 0 Å². The molecule has 4 heteroatoms. The lowest BCUT2D eigenvalue weighted by Crippen LogP contribution is -2.67. The van der Waals surface area contributed by atoms with Gasteiger partial charge in [-0.2, -0.15) is 0 Å². The minimum absolute atomic E-state index is 0.0601. The number of fused-ring (bicyclic) bond motifs is 5. The number of methoxy groups -OCH3 is 1. The number of ether oxygens (including phenoxy) is 2. The first-order valence-electron chi connectivity index (χ1n) is 14.6. The van der Waals surface area contributed by atoms with Crippen LogP contribution in [0.3, 0.4) is 0 Å². The average Bonchev–Trinajstić information content (AvgIpc) is 2.69. The van der Waals surface area contributed by atoms with E-state index in [1.807, 2.05) is 13.0 Å². The normalized spacial score (nSPS) is 52.0. The zero-order valence-corrected chi connectivity index (χ0v) is 25.0. The second kappa shape index (κ2) is 8.13. The van der Waals surface area contributed by atoms with E-state index in [0.717, 1.165) is 12.2 Å². The van der Waals surface area contributed by atoms with Gasteiger partial charge in [-0.05, 0) is 92.5 Å². The molecule has 1 heterocycles. The third-order valence-electron chi connectivity index (χ3n) is 11.4. The molecule has 2 fully saturated rings. The highest BCUT2D eigenvalue weighted by molar-refractivity contribution is 6.74. The van der Waals surface area contributed by atoms with Crippen LogP contribution in [-0.2, 0) is 13.9 Å². The molecule has 0 spiro atoms. The minimum Gasteiger partial charge on any atom is -0.501 e. The first kappa shape index (κ1) is 23.6. The summed E-state index contributed by atoms with van der Waals surface area (Å²) in [5.74, 6) is 3.42. The van der Waals surface area contributed by atoms with Crippen LogP contribution in [0.15, 0.2) is 24.1 Å². The zero-order valence-electron chi connectivity index (χ0n) is 26.0. The fraction of sp³-hybridized carbons (Fsp3) is 0.867. The maximum Gasteiger partial charge on any atom is 0.192 e. The molecule has 0 saturated heterocycles. The number of hydrogen-bond donors (Lipinski definition) is 0. The Balaban J connectivity index is 2.00. The summed E-state index contributed by atoms with van der Waals surface area (Å²) in [5.41, 5.74) is -1.45. The zero-order chi connectivity index (χ0) is 27.3. The summed E-state index contributed by atoms with van der Waals surface area (Å²) in [6.45, 7) is 25.2. The molecule has 4 rings (SSSR count). The summed E-state index contributed by atoms with van der Waals surface area (Å²) in [4.78, 5) is 0. The van der Waals surface area contributed by atoms with Crippen molar-refractivity contribution in [2.45, 2.75) is 112 Å². The van der Waals surface area contributed by atoms with Crippen molar-refractivity contribution in [2.75, 3.05) is 7.11 Å². The second-order valence-corrected chi connectivity index (χ2v) is 19.1. The number of hydrogen-bond acceptors (Lipinski definition) is 3. The first-order valence-corrected chi connectivity index (χ1v) is 16.5. The van der Waals surface area contributed by atoms with E-state index in [-0.39, 0.29) is 28.7 Å². The van der Waals surface area contributed by atoms with Gasteiger partial charge in [0.15, 0.2) is 8.32 Å². The fourth-order valence-electron chi connectivity index (χ4n) is 8.35. The Morgan fingerprint density at radius 2 is 1.76 bits per heavy atom. The van der Waals surface area contributed by atoms with E-state index in [0.29, 0.717) is 23.7 Å². The molecule has 4 aliphatic rings. The van der Waals surface area contributed by atoms with E-state index >= 15 is 0 Å². The number of allylic oxidation sites excluding steroid dienone is 2. The lowest BCUT2D eigenvalue weighted by Gasteiger charge is -2.68. The van der Waals surface area contributed by atoms with E-state index in [1.165, 1.54) is 12.8 Å². The van der Waals surface area contributed by atoms with Crippen molar-refractivity contribution >= 4 is 8.32 Å². The van der Waals surface area contributed by atoms with Gasteiger partial charge in [0, 0.05) is 17.4 Å². The molecule has 2 saturated carbocycles. The van der Waals surface area contributed by atoms with Gasteiger partial charge in [-0.1, -0.05) is 48.5 Å². The molecule has 0 bridgehead atoms. The largest absolute Gasteiger partial charge is 0.501 e. The quantitative estimate of drug-likeness (QED) is 0.373. The van der Waals surface area contributed by atoms with E-state index in [4.69, 9.17) is 15.3 Å². The Morgan fingerprint density at radius 1 is 1.12 bits per heavy atom. The lowest BCUT2D eigenvalue weighted by atomic mass is 9.38. The fourth-order valence-corrected chi connectivity index (χ4v) is 9.70. The molecule has 0 aromatic rings. The average molecular weight is 491 g/mol. The standard InChI is InChI=1S/C30H52O3Si/c1-19-15-20(2)22-17-24(33-34(11,12)27(4,5)6)26-28(7,23(22)16-19)18-25(31-10)30(9)21(3)32-14-13-29(26,30)8/h13-14,18-24,26H,15-17H2,1-12H3/t19-,20+,21?,22+,23+,24-,26-,28-,29-,30+/m0/s1/i14D,21D. The van der Waals surface area contributed by atoms with Crippen LogP contribution in [0.1, 0.15) is 84.3 Å². The van der Waals surface area contributed by atoms with Crippen molar-refractivity contribution in [1.29, 1.82) is 0 Å².